The van der Waals surface area contributed by atoms with E-state index in [-0.39, 0.29) is 0 Å². The third-order valence-corrected chi connectivity index (χ3v) is 4.79. The van der Waals surface area contributed by atoms with Gasteiger partial charge in [-0.05, 0) is 53.4 Å². The van der Waals surface area contributed by atoms with Crippen LogP contribution in [0.4, 0.5) is 4.79 Å². The van der Waals surface area contributed by atoms with E-state index in [1.165, 1.54) is 71.1 Å². The molecule has 0 aromatic heterocycles. The quantitative estimate of drug-likeness (QED) is 0.689. The first-order valence-corrected chi connectivity index (χ1v) is 10.2. The molecule has 1 atom stereocenters. The Bertz CT molecular complexity index is 406. The summed E-state index contributed by atoms with van der Waals surface area (Å²) in [4.78, 5) is 21.3. The molecule has 2 aliphatic rings. The lowest BCUT2D eigenvalue weighted by Gasteiger charge is -2.30. The first kappa shape index (κ1) is 22.7. The lowest BCUT2D eigenvalue weighted by atomic mass is 9.91. The molecule has 2 fully saturated rings. The Labute approximate surface area is 158 Å². The number of hydrogen-bond donors (Lipinski definition) is 3. The molecule has 0 saturated heterocycles. The lowest BCUT2D eigenvalue weighted by Crippen LogP contribution is -2.41. The van der Waals surface area contributed by atoms with Crippen molar-refractivity contribution in [3.63, 3.8) is 0 Å². The van der Waals surface area contributed by atoms with Gasteiger partial charge in [0.05, 0.1) is 0 Å². The van der Waals surface area contributed by atoms with E-state index in [9.17, 15) is 9.59 Å². The summed E-state index contributed by atoms with van der Waals surface area (Å²) in [6, 6.07) is 0.809. The minimum Gasteiger partial charge on any atom is -0.480 e. The third-order valence-electron chi connectivity index (χ3n) is 4.79. The number of carbonyl (C=O) groups is 2. The molecule has 0 aliphatic heterocycles. The maximum Gasteiger partial charge on any atom is 0.408 e. The number of carboxylic acid groups (broad SMARTS) is 1. The maximum atomic E-state index is 11.0. The minimum absolute atomic E-state index is 0.609. The standard InChI is InChI=1S/C12H23N.C8H15NO4/c1-3-7-11(8-4-1)13-12-9-5-2-6-10-12;1-5(6(10)11)9-7(12)13-8(2,3)4/h11-13H,1-10H2;5H,1-4H3,(H,9,12)(H,10,11). The van der Waals surface area contributed by atoms with Crippen LogP contribution in [-0.4, -0.2) is 40.9 Å². The largest absolute Gasteiger partial charge is 0.480 e. The van der Waals surface area contributed by atoms with Crippen LogP contribution >= 0.6 is 0 Å². The Balaban J connectivity index is 0.000000260. The van der Waals surface area contributed by atoms with Crippen LogP contribution in [0.3, 0.4) is 0 Å². The average Bonchev–Trinajstić information content (AvgIpc) is 2.55. The van der Waals surface area contributed by atoms with Gasteiger partial charge in [-0.1, -0.05) is 38.5 Å². The number of aliphatic carboxylic acids is 1. The molecule has 0 aromatic carbocycles. The summed E-state index contributed by atoms with van der Waals surface area (Å²) in [5.74, 6) is -1.09. The first-order valence-electron chi connectivity index (χ1n) is 10.2. The van der Waals surface area contributed by atoms with Crippen molar-refractivity contribution in [1.82, 2.24) is 10.6 Å². The summed E-state index contributed by atoms with van der Waals surface area (Å²) in [7, 11) is 0. The molecule has 0 heterocycles. The molecule has 1 unspecified atom stereocenters. The van der Waals surface area contributed by atoms with Gasteiger partial charge in [0.2, 0.25) is 0 Å². The van der Waals surface area contributed by atoms with E-state index in [1.54, 1.807) is 20.8 Å². The van der Waals surface area contributed by atoms with Crippen molar-refractivity contribution >= 4 is 12.1 Å². The van der Waals surface area contributed by atoms with Crippen LogP contribution in [0.15, 0.2) is 0 Å². The molecule has 1 amide bonds. The molecular weight excluding hydrogens is 332 g/mol. The van der Waals surface area contributed by atoms with Crippen LogP contribution in [0.25, 0.3) is 0 Å². The first-order chi connectivity index (χ1) is 12.2. The van der Waals surface area contributed by atoms with E-state index in [0.29, 0.717) is 0 Å². The zero-order valence-electron chi connectivity index (χ0n) is 17.0. The van der Waals surface area contributed by atoms with E-state index >= 15 is 0 Å². The van der Waals surface area contributed by atoms with E-state index in [0.717, 1.165) is 12.1 Å². The SMILES string of the molecule is C1CCC(NC2CCCCC2)CC1.CC(NC(=O)OC(C)(C)C)C(=O)O. The van der Waals surface area contributed by atoms with Crippen molar-refractivity contribution in [2.75, 3.05) is 0 Å². The minimum atomic E-state index is -1.09. The maximum absolute atomic E-state index is 11.0. The van der Waals surface area contributed by atoms with Crippen LogP contribution in [-0.2, 0) is 9.53 Å². The Morgan fingerprint density at radius 1 is 0.923 bits per heavy atom. The predicted octanol–water partition coefficient (Wildman–Crippen LogP) is 4.23. The second kappa shape index (κ2) is 11.4. The van der Waals surface area contributed by atoms with Gasteiger partial charge < -0.3 is 20.5 Å². The molecule has 2 saturated carbocycles. The molecule has 6 nitrogen and oxygen atoms in total. The van der Waals surface area contributed by atoms with E-state index < -0.39 is 23.7 Å². The normalized spacial score (nSPS) is 20.5. The van der Waals surface area contributed by atoms with E-state index in [2.05, 4.69) is 10.6 Å². The van der Waals surface area contributed by atoms with Gasteiger partial charge >= 0.3 is 12.1 Å². The predicted molar refractivity (Wildman–Crippen MR) is 103 cm³/mol. The molecule has 3 N–H and O–H groups in total. The van der Waals surface area contributed by atoms with Crippen molar-refractivity contribution in [2.24, 2.45) is 0 Å². The number of amides is 1. The van der Waals surface area contributed by atoms with Gasteiger partial charge in [-0.2, -0.15) is 0 Å². The summed E-state index contributed by atoms with van der Waals surface area (Å²) in [6.07, 6.45) is 13.8. The fourth-order valence-electron chi connectivity index (χ4n) is 3.42. The number of rotatable bonds is 4. The lowest BCUT2D eigenvalue weighted by molar-refractivity contribution is -0.139. The fourth-order valence-corrected chi connectivity index (χ4v) is 3.42. The van der Waals surface area contributed by atoms with Gasteiger partial charge in [0.1, 0.15) is 11.6 Å². The van der Waals surface area contributed by atoms with E-state index in [4.69, 9.17) is 9.84 Å². The van der Waals surface area contributed by atoms with Gasteiger partial charge in [-0.15, -0.1) is 0 Å². The summed E-state index contributed by atoms with van der Waals surface area (Å²) in [5.41, 5.74) is -0.609. The highest BCUT2D eigenvalue weighted by Gasteiger charge is 2.20. The molecule has 2 aliphatic carbocycles. The third kappa shape index (κ3) is 10.6. The van der Waals surface area contributed by atoms with E-state index in [1.807, 2.05) is 0 Å². The summed E-state index contributed by atoms with van der Waals surface area (Å²) < 4.78 is 4.85. The Morgan fingerprint density at radius 3 is 1.69 bits per heavy atom. The average molecular weight is 371 g/mol. The molecule has 0 aromatic rings. The molecular formula is C20H38N2O4. The number of carbonyl (C=O) groups excluding carboxylic acids is 1. The van der Waals surface area contributed by atoms with Gasteiger partial charge in [0.25, 0.3) is 0 Å². The van der Waals surface area contributed by atoms with Gasteiger partial charge in [-0.25, -0.2) is 4.79 Å². The van der Waals surface area contributed by atoms with Crippen LogP contribution in [0, 0.1) is 0 Å². The zero-order valence-corrected chi connectivity index (χ0v) is 17.0. The number of ether oxygens (including phenoxy) is 1. The van der Waals surface area contributed by atoms with Gasteiger partial charge in [-0.3, -0.25) is 4.79 Å². The Morgan fingerprint density at radius 2 is 1.35 bits per heavy atom. The van der Waals surface area contributed by atoms with Crippen molar-refractivity contribution in [2.45, 2.75) is 116 Å². The Hall–Kier alpha value is -1.30. The molecule has 0 spiro atoms. The van der Waals surface area contributed by atoms with Crippen molar-refractivity contribution in [3.8, 4) is 0 Å². The molecule has 2 rings (SSSR count). The molecule has 26 heavy (non-hydrogen) atoms. The number of nitrogens with one attached hydrogen (secondary N) is 2. The van der Waals surface area contributed by atoms with Crippen LogP contribution in [0.1, 0.15) is 91.9 Å². The summed E-state index contributed by atoms with van der Waals surface area (Å²) in [5, 5.41) is 14.5. The molecule has 6 heteroatoms. The topological polar surface area (TPSA) is 87.7 Å². The number of carboxylic acids is 1. The second-order valence-corrected chi connectivity index (χ2v) is 8.54. The van der Waals surface area contributed by atoms with Gasteiger partial charge in [0.15, 0.2) is 0 Å². The van der Waals surface area contributed by atoms with Crippen LogP contribution < -0.4 is 10.6 Å². The van der Waals surface area contributed by atoms with Crippen molar-refractivity contribution < 1.29 is 19.4 Å². The monoisotopic (exact) mass is 370 g/mol. The van der Waals surface area contributed by atoms with Crippen LogP contribution in [0.5, 0.6) is 0 Å². The smallest absolute Gasteiger partial charge is 0.408 e. The molecule has 0 bridgehead atoms. The highest BCUT2D eigenvalue weighted by molar-refractivity contribution is 5.79. The summed E-state index contributed by atoms with van der Waals surface area (Å²) >= 11 is 0. The summed E-state index contributed by atoms with van der Waals surface area (Å²) in [6.45, 7) is 6.49. The van der Waals surface area contributed by atoms with Crippen LogP contribution in [0.2, 0.25) is 0 Å². The fraction of sp³-hybridized carbons (Fsp3) is 0.900. The van der Waals surface area contributed by atoms with Crippen molar-refractivity contribution in [3.05, 3.63) is 0 Å². The van der Waals surface area contributed by atoms with Crippen molar-refractivity contribution in [1.29, 1.82) is 0 Å². The Kier molecular flexibility index (Phi) is 9.99. The number of alkyl carbamates (subject to hydrolysis) is 1. The highest BCUT2D eigenvalue weighted by atomic mass is 16.6. The van der Waals surface area contributed by atoms with Gasteiger partial charge in [0, 0.05) is 12.1 Å². The highest BCUT2D eigenvalue weighted by Crippen LogP contribution is 2.22. The number of hydrogen-bond acceptors (Lipinski definition) is 4. The molecule has 0 radical (unpaired) electrons. The second-order valence-electron chi connectivity index (χ2n) is 8.54. The molecule has 152 valence electrons. The zero-order chi connectivity index (χ0) is 19.6.